The van der Waals surface area contributed by atoms with Crippen molar-refractivity contribution in [2.24, 2.45) is 5.92 Å². The molecule has 2 saturated heterocycles. The van der Waals surface area contributed by atoms with Crippen LogP contribution in [0.2, 0.25) is 5.02 Å². The van der Waals surface area contributed by atoms with E-state index in [0.29, 0.717) is 29.9 Å². The van der Waals surface area contributed by atoms with Crippen LogP contribution in [0.5, 0.6) is 5.75 Å². The Kier molecular flexibility index (Phi) is 5.18. The predicted octanol–water partition coefficient (Wildman–Crippen LogP) is 2.33. The van der Waals surface area contributed by atoms with E-state index in [2.05, 4.69) is 0 Å². The number of nitrogens with zero attached hydrogens (tertiary/aromatic N) is 1. The fraction of sp³-hybridized carbons (Fsp3) is 0.562. The van der Waals surface area contributed by atoms with Crippen molar-refractivity contribution in [2.45, 2.75) is 19.1 Å². The fourth-order valence-corrected chi connectivity index (χ4v) is 3.05. The summed E-state index contributed by atoms with van der Waals surface area (Å²) in [7, 11) is 0. The number of halogens is 1. The van der Waals surface area contributed by atoms with Crippen molar-refractivity contribution >= 4 is 17.5 Å². The number of hydrogen-bond acceptors (Lipinski definition) is 4. The van der Waals surface area contributed by atoms with Crippen molar-refractivity contribution in [2.75, 3.05) is 32.9 Å². The van der Waals surface area contributed by atoms with Crippen molar-refractivity contribution in [1.82, 2.24) is 4.90 Å². The van der Waals surface area contributed by atoms with Crippen LogP contribution in [0.25, 0.3) is 0 Å². The molecule has 0 atom stereocenters. The van der Waals surface area contributed by atoms with Crippen LogP contribution in [0.15, 0.2) is 24.3 Å². The maximum absolute atomic E-state index is 12.2. The van der Waals surface area contributed by atoms with Crippen LogP contribution in [0.3, 0.4) is 0 Å². The maximum atomic E-state index is 12.2. The smallest absolute Gasteiger partial charge is 0.260 e. The second-order valence-electron chi connectivity index (χ2n) is 5.55. The number of carbonyl (C=O) groups excluding carboxylic acids is 1. The molecule has 2 aliphatic heterocycles. The minimum absolute atomic E-state index is 0.00775. The number of carbonyl (C=O) groups is 1. The Morgan fingerprint density at radius 3 is 2.59 bits per heavy atom. The van der Waals surface area contributed by atoms with Gasteiger partial charge in [0.25, 0.3) is 5.91 Å². The van der Waals surface area contributed by atoms with Gasteiger partial charge in [-0.25, -0.2) is 0 Å². The van der Waals surface area contributed by atoms with E-state index in [1.54, 1.807) is 12.1 Å². The zero-order valence-corrected chi connectivity index (χ0v) is 13.1. The topological polar surface area (TPSA) is 48.0 Å². The SMILES string of the molecule is O=C(COc1ccccc1Cl)N1CCC(C2OCCO2)CC1. The van der Waals surface area contributed by atoms with E-state index in [9.17, 15) is 4.79 Å². The highest BCUT2D eigenvalue weighted by Crippen LogP contribution is 2.26. The predicted molar refractivity (Wildman–Crippen MR) is 81.9 cm³/mol. The van der Waals surface area contributed by atoms with Crippen LogP contribution in [0.1, 0.15) is 12.8 Å². The fourth-order valence-electron chi connectivity index (χ4n) is 2.86. The van der Waals surface area contributed by atoms with Gasteiger partial charge in [-0.05, 0) is 25.0 Å². The molecule has 3 rings (SSSR count). The first kappa shape index (κ1) is 15.6. The average molecular weight is 326 g/mol. The molecule has 0 saturated carbocycles. The third-order valence-corrected chi connectivity index (χ3v) is 4.42. The van der Waals surface area contributed by atoms with Gasteiger partial charge in [-0.15, -0.1) is 0 Å². The molecule has 1 aromatic rings. The number of ether oxygens (including phenoxy) is 3. The normalized spacial score (nSPS) is 20.3. The zero-order valence-electron chi connectivity index (χ0n) is 12.4. The molecule has 2 aliphatic rings. The van der Waals surface area contributed by atoms with E-state index < -0.39 is 0 Å². The quantitative estimate of drug-likeness (QED) is 0.852. The van der Waals surface area contributed by atoms with E-state index in [0.717, 1.165) is 25.9 Å². The maximum Gasteiger partial charge on any atom is 0.260 e. The van der Waals surface area contributed by atoms with Gasteiger partial charge in [-0.3, -0.25) is 4.79 Å². The molecule has 1 amide bonds. The Morgan fingerprint density at radius 1 is 1.23 bits per heavy atom. The van der Waals surface area contributed by atoms with Gasteiger partial charge in [-0.2, -0.15) is 0 Å². The second kappa shape index (κ2) is 7.31. The molecule has 0 aromatic heterocycles. The van der Waals surface area contributed by atoms with Gasteiger partial charge in [0.2, 0.25) is 0 Å². The average Bonchev–Trinajstić information content (AvgIpc) is 3.08. The molecule has 0 radical (unpaired) electrons. The number of rotatable bonds is 4. The summed E-state index contributed by atoms with van der Waals surface area (Å²) in [6.45, 7) is 2.81. The molecule has 0 bridgehead atoms. The van der Waals surface area contributed by atoms with Crippen LogP contribution in [-0.4, -0.2) is 50.0 Å². The molecule has 2 heterocycles. The first-order valence-corrected chi connectivity index (χ1v) is 8.00. The van der Waals surface area contributed by atoms with Gasteiger partial charge < -0.3 is 19.1 Å². The summed E-state index contributed by atoms with van der Waals surface area (Å²) in [5.41, 5.74) is 0. The summed E-state index contributed by atoms with van der Waals surface area (Å²) in [6, 6.07) is 7.17. The lowest BCUT2D eigenvalue weighted by Gasteiger charge is -2.33. The zero-order chi connectivity index (χ0) is 15.4. The number of amides is 1. The Morgan fingerprint density at radius 2 is 1.91 bits per heavy atom. The highest BCUT2D eigenvalue weighted by atomic mass is 35.5. The van der Waals surface area contributed by atoms with Gasteiger partial charge in [0.15, 0.2) is 12.9 Å². The Hall–Kier alpha value is -1.30. The minimum Gasteiger partial charge on any atom is -0.482 e. The molecule has 6 heteroatoms. The lowest BCUT2D eigenvalue weighted by molar-refractivity contribution is -0.138. The molecule has 120 valence electrons. The highest BCUT2D eigenvalue weighted by molar-refractivity contribution is 6.32. The molecular weight excluding hydrogens is 306 g/mol. The molecule has 2 fully saturated rings. The van der Waals surface area contributed by atoms with Gasteiger partial charge in [0, 0.05) is 19.0 Å². The van der Waals surface area contributed by atoms with Gasteiger partial charge in [0.05, 0.1) is 18.2 Å². The van der Waals surface area contributed by atoms with Crippen LogP contribution >= 0.6 is 11.6 Å². The van der Waals surface area contributed by atoms with E-state index in [1.165, 1.54) is 0 Å². The van der Waals surface area contributed by atoms with Crippen molar-refractivity contribution in [3.05, 3.63) is 29.3 Å². The summed E-state index contributed by atoms with van der Waals surface area (Å²) >= 11 is 6.01. The summed E-state index contributed by atoms with van der Waals surface area (Å²) in [6.07, 6.45) is 1.72. The van der Waals surface area contributed by atoms with Crippen LogP contribution < -0.4 is 4.74 Å². The molecule has 0 aliphatic carbocycles. The Bertz CT molecular complexity index is 511. The Balaban J connectivity index is 1.45. The molecular formula is C16H20ClNO4. The lowest BCUT2D eigenvalue weighted by Crippen LogP contribution is -2.43. The lowest BCUT2D eigenvalue weighted by atomic mass is 9.96. The van der Waals surface area contributed by atoms with Crippen LogP contribution in [0.4, 0.5) is 0 Å². The number of hydrogen-bond donors (Lipinski definition) is 0. The largest absolute Gasteiger partial charge is 0.482 e. The summed E-state index contributed by atoms with van der Waals surface area (Å²) in [5, 5.41) is 0.518. The van der Waals surface area contributed by atoms with E-state index in [4.69, 9.17) is 25.8 Å². The third kappa shape index (κ3) is 3.72. The molecule has 5 nitrogen and oxygen atoms in total. The number of piperidine rings is 1. The van der Waals surface area contributed by atoms with Crippen LogP contribution in [-0.2, 0) is 14.3 Å². The van der Waals surface area contributed by atoms with Crippen molar-refractivity contribution < 1.29 is 19.0 Å². The highest BCUT2D eigenvalue weighted by Gasteiger charge is 2.31. The molecule has 0 spiro atoms. The molecule has 0 unspecified atom stereocenters. The van der Waals surface area contributed by atoms with Crippen molar-refractivity contribution in [1.29, 1.82) is 0 Å². The number of para-hydroxylation sites is 1. The van der Waals surface area contributed by atoms with Crippen LogP contribution in [0, 0.1) is 5.92 Å². The number of likely N-dealkylation sites (tertiary alicyclic amines) is 1. The molecule has 1 aromatic carbocycles. The van der Waals surface area contributed by atoms with E-state index in [-0.39, 0.29) is 18.8 Å². The monoisotopic (exact) mass is 325 g/mol. The second-order valence-corrected chi connectivity index (χ2v) is 5.95. The van der Waals surface area contributed by atoms with E-state index >= 15 is 0 Å². The summed E-state index contributed by atoms with van der Waals surface area (Å²) in [5.74, 6) is 0.919. The minimum atomic E-state index is -0.0865. The van der Waals surface area contributed by atoms with Crippen molar-refractivity contribution in [3.63, 3.8) is 0 Å². The number of benzene rings is 1. The first-order valence-electron chi connectivity index (χ1n) is 7.62. The Labute approximate surface area is 135 Å². The third-order valence-electron chi connectivity index (χ3n) is 4.11. The summed E-state index contributed by atoms with van der Waals surface area (Å²) < 4.78 is 16.6. The van der Waals surface area contributed by atoms with E-state index in [1.807, 2.05) is 17.0 Å². The van der Waals surface area contributed by atoms with Gasteiger partial charge >= 0.3 is 0 Å². The van der Waals surface area contributed by atoms with Gasteiger partial charge in [0.1, 0.15) is 5.75 Å². The first-order chi connectivity index (χ1) is 10.7. The molecule has 22 heavy (non-hydrogen) atoms. The van der Waals surface area contributed by atoms with Crippen molar-refractivity contribution in [3.8, 4) is 5.75 Å². The standard InChI is InChI=1S/C16H20ClNO4/c17-13-3-1-2-4-14(13)22-11-15(19)18-7-5-12(6-8-18)16-20-9-10-21-16/h1-4,12,16H,5-11H2. The summed E-state index contributed by atoms with van der Waals surface area (Å²) in [4.78, 5) is 14.0. The van der Waals surface area contributed by atoms with Gasteiger partial charge in [-0.1, -0.05) is 23.7 Å². The molecule has 0 N–H and O–H groups in total.